The largest absolute Gasteiger partial charge is 0.276 e. The van der Waals surface area contributed by atoms with Crippen LogP contribution in [0.4, 0.5) is 0 Å². The molecule has 1 aromatic heterocycles. The molecule has 0 aliphatic rings. The summed E-state index contributed by atoms with van der Waals surface area (Å²) in [4.78, 5) is 6.69. The Hall–Kier alpha value is -2.44. The minimum absolute atomic E-state index is 0.147. The number of hydrogen-bond acceptors (Lipinski definition) is 4. The first kappa shape index (κ1) is 17.4. The minimum atomic E-state index is -3.72. The summed E-state index contributed by atoms with van der Waals surface area (Å²) < 4.78 is 24.4. The molecule has 25 heavy (non-hydrogen) atoms. The van der Waals surface area contributed by atoms with E-state index in [2.05, 4.69) is 14.9 Å². The molecule has 0 atom stereocenters. The van der Waals surface area contributed by atoms with Crippen molar-refractivity contribution in [2.75, 3.05) is 0 Å². The number of aromatic nitrogens is 1. The summed E-state index contributed by atoms with van der Waals surface area (Å²) in [5.74, 6) is 0. The lowest BCUT2D eigenvalue weighted by Crippen LogP contribution is -2.18. The molecule has 0 unspecified atom stereocenters. The second kappa shape index (κ2) is 6.82. The number of nitrogens with one attached hydrogen (secondary N) is 1. The molecule has 0 bridgehead atoms. The molecule has 7 heteroatoms. The van der Waals surface area contributed by atoms with Crippen LogP contribution in [0.2, 0.25) is 5.15 Å². The van der Waals surface area contributed by atoms with Crippen LogP contribution in [0.5, 0.6) is 0 Å². The molecule has 0 amide bonds. The van der Waals surface area contributed by atoms with Crippen LogP contribution in [0.3, 0.4) is 0 Å². The maximum atomic E-state index is 12.2. The average molecular weight is 374 g/mol. The van der Waals surface area contributed by atoms with E-state index in [1.54, 1.807) is 12.1 Å². The van der Waals surface area contributed by atoms with Crippen LogP contribution in [-0.4, -0.2) is 19.6 Å². The first-order chi connectivity index (χ1) is 11.9. The summed E-state index contributed by atoms with van der Waals surface area (Å²) in [6, 6.07) is 14.1. The molecule has 3 rings (SSSR count). The van der Waals surface area contributed by atoms with E-state index >= 15 is 0 Å². The van der Waals surface area contributed by atoms with Crippen molar-refractivity contribution in [3.63, 3.8) is 0 Å². The van der Waals surface area contributed by atoms with Gasteiger partial charge in [0.25, 0.3) is 10.0 Å². The third-order valence-corrected chi connectivity index (χ3v) is 5.28. The van der Waals surface area contributed by atoms with Gasteiger partial charge in [-0.3, -0.25) is 0 Å². The molecule has 2 aromatic carbocycles. The second-order valence-electron chi connectivity index (χ2n) is 5.68. The summed E-state index contributed by atoms with van der Waals surface area (Å²) in [7, 11) is -3.72. The molecule has 0 fully saturated rings. The van der Waals surface area contributed by atoms with Gasteiger partial charge in [0.15, 0.2) is 0 Å². The van der Waals surface area contributed by atoms with Crippen molar-refractivity contribution in [2.45, 2.75) is 18.7 Å². The Morgan fingerprint density at radius 2 is 1.84 bits per heavy atom. The van der Waals surface area contributed by atoms with Gasteiger partial charge in [-0.1, -0.05) is 47.5 Å². The predicted octanol–water partition coefficient (Wildman–Crippen LogP) is 3.82. The van der Waals surface area contributed by atoms with Gasteiger partial charge in [-0.25, -0.2) is 9.82 Å². The maximum Gasteiger partial charge on any atom is 0.276 e. The Balaban J connectivity index is 1.86. The van der Waals surface area contributed by atoms with E-state index in [0.717, 1.165) is 22.0 Å². The van der Waals surface area contributed by atoms with Crippen LogP contribution in [0, 0.1) is 13.8 Å². The van der Waals surface area contributed by atoms with Crippen molar-refractivity contribution in [1.29, 1.82) is 0 Å². The van der Waals surface area contributed by atoms with Crippen LogP contribution in [0.25, 0.3) is 10.9 Å². The lowest BCUT2D eigenvalue weighted by molar-refractivity contribution is 0.584. The van der Waals surface area contributed by atoms with Crippen molar-refractivity contribution in [3.05, 3.63) is 70.4 Å². The summed E-state index contributed by atoms with van der Waals surface area (Å²) in [6.45, 7) is 3.84. The fourth-order valence-corrected chi connectivity index (χ4v) is 3.35. The van der Waals surface area contributed by atoms with Crippen molar-refractivity contribution in [3.8, 4) is 0 Å². The third-order valence-electron chi connectivity index (χ3n) is 3.74. The fourth-order valence-electron chi connectivity index (χ4n) is 2.37. The van der Waals surface area contributed by atoms with Gasteiger partial charge in [-0.2, -0.15) is 13.5 Å². The fraction of sp³-hybridized carbons (Fsp3) is 0.111. The first-order valence-corrected chi connectivity index (χ1v) is 9.40. The van der Waals surface area contributed by atoms with E-state index in [4.69, 9.17) is 11.6 Å². The molecule has 0 aliphatic heterocycles. The zero-order valence-corrected chi connectivity index (χ0v) is 15.3. The van der Waals surface area contributed by atoms with E-state index in [0.29, 0.717) is 5.56 Å². The van der Waals surface area contributed by atoms with E-state index in [1.807, 2.05) is 38.1 Å². The molecule has 3 aromatic rings. The normalized spacial score (nSPS) is 12.0. The Labute approximate surface area is 151 Å². The minimum Gasteiger partial charge on any atom is -0.235 e. The van der Waals surface area contributed by atoms with Crippen LogP contribution < -0.4 is 4.83 Å². The Kier molecular flexibility index (Phi) is 4.74. The molecule has 0 radical (unpaired) electrons. The predicted molar refractivity (Wildman–Crippen MR) is 101 cm³/mol. The van der Waals surface area contributed by atoms with Gasteiger partial charge < -0.3 is 0 Å². The number of pyridine rings is 1. The van der Waals surface area contributed by atoms with E-state index in [9.17, 15) is 8.42 Å². The van der Waals surface area contributed by atoms with E-state index in [1.165, 1.54) is 18.3 Å². The van der Waals surface area contributed by atoms with Crippen LogP contribution >= 0.6 is 11.6 Å². The summed E-state index contributed by atoms with van der Waals surface area (Å²) in [5.41, 5.74) is 3.34. The molecular weight excluding hydrogens is 358 g/mol. The summed E-state index contributed by atoms with van der Waals surface area (Å²) in [5, 5.41) is 4.99. The van der Waals surface area contributed by atoms with Crippen molar-refractivity contribution in [1.82, 2.24) is 9.82 Å². The highest BCUT2D eigenvalue weighted by Gasteiger charge is 2.12. The number of nitrogens with zero attached hydrogens (tertiary/aromatic N) is 2. The molecule has 0 aliphatic carbocycles. The highest BCUT2D eigenvalue weighted by Crippen LogP contribution is 2.21. The van der Waals surface area contributed by atoms with Crippen LogP contribution in [0.15, 0.2) is 58.5 Å². The summed E-state index contributed by atoms with van der Waals surface area (Å²) in [6.07, 6.45) is 1.35. The molecule has 0 saturated carbocycles. The monoisotopic (exact) mass is 373 g/mol. The van der Waals surface area contributed by atoms with Crippen LogP contribution in [0.1, 0.15) is 16.7 Å². The maximum absolute atomic E-state index is 12.2. The standard InChI is InChI=1S/C18H16ClN3O2S/c1-12-6-8-16(9-7-12)25(23,24)22-20-11-15-10-14-5-3-4-13(2)17(14)21-18(15)19/h3-11,22H,1-2H3/b20-11-. The van der Waals surface area contributed by atoms with Gasteiger partial charge in [0.05, 0.1) is 16.6 Å². The van der Waals surface area contributed by atoms with Crippen molar-refractivity contribution >= 4 is 38.7 Å². The smallest absolute Gasteiger partial charge is 0.235 e. The molecule has 5 nitrogen and oxygen atoms in total. The van der Waals surface area contributed by atoms with Crippen molar-refractivity contribution < 1.29 is 8.42 Å². The Bertz CT molecular complexity index is 1060. The second-order valence-corrected chi connectivity index (χ2v) is 7.70. The quantitative estimate of drug-likeness (QED) is 0.429. The van der Waals surface area contributed by atoms with E-state index < -0.39 is 10.0 Å². The van der Waals surface area contributed by atoms with Gasteiger partial charge in [0, 0.05) is 10.9 Å². The van der Waals surface area contributed by atoms with Gasteiger partial charge in [0.2, 0.25) is 0 Å². The van der Waals surface area contributed by atoms with Gasteiger partial charge >= 0.3 is 0 Å². The SMILES string of the molecule is Cc1ccc(S(=O)(=O)N/N=C\c2cc3cccc(C)c3nc2Cl)cc1. The van der Waals surface area contributed by atoms with Crippen LogP contribution in [-0.2, 0) is 10.0 Å². The Morgan fingerprint density at radius 3 is 2.56 bits per heavy atom. The molecule has 1 heterocycles. The lowest BCUT2D eigenvalue weighted by atomic mass is 10.1. The number of para-hydroxylation sites is 1. The number of benzene rings is 2. The highest BCUT2D eigenvalue weighted by molar-refractivity contribution is 7.89. The molecular formula is C18H16ClN3O2S. The third kappa shape index (κ3) is 3.81. The zero-order valence-electron chi connectivity index (χ0n) is 13.7. The number of hydrazone groups is 1. The molecule has 128 valence electrons. The Morgan fingerprint density at radius 1 is 1.12 bits per heavy atom. The number of rotatable bonds is 4. The van der Waals surface area contributed by atoms with Gasteiger partial charge in [0.1, 0.15) is 5.15 Å². The topological polar surface area (TPSA) is 71.4 Å². The number of hydrogen-bond donors (Lipinski definition) is 1. The van der Waals surface area contributed by atoms with E-state index in [-0.39, 0.29) is 10.0 Å². The van der Waals surface area contributed by atoms with Gasteiger partial charge in [-0.15, -0.1) is 0 Å². The highest BCUT2D eigenvalue weighted by atomic mass is 35.5. The number of sulfonamides is 1. The number of halogens is 1. The lowest BCUT2D eigenvalue weighted by Gasteiger charge is -2.05. The zero-order chi connectivity index (χ0) is 18.0. The number of aryl methyl sites for hydroxylation is 2. The van der Waals surface area contributed by atoms with Gasteiger partial charge in [-0.05, 0) is 37.6 Å². The molecule has 0 saturated heterocycles. The van der Waals surface area contributed by atoms with Crippen molar-refractivity contribution in [2.24, 2.45) is 5.10 Å². The first-order valence-electron chi connectivity index (χ1n) is 7.54. The molecule has 1 N–H and O–H groups in total. The summed E-state index contributed by atoms with van der Waals surface area (Å²) >= 11 is 6.18. The number of fused-ring (bicyclic) bond motifs is 1. The molecule has 0 spiro atoms. The average Bonchev–Trinajstić information content (AvgIpc) is 2.56.